The fourth-order valence-corrected chi connectivity index (χ4v) is 3.43. The highest BCUT2D eigenvalue weighted by atomic mass is 32.2. The molecule has 27 heavy (non-hydrogen) atoms. The Kier molecular flexibility index (Phi) is 5.46. The molecule has 2 heterocycles. The van der Waals surface area contributed by atoms with Crippen LogP contribution in [0.25, 0.3) is 0 Å². The lowest BCUT2D eigenvalue weighted by Gasteiger charge is -2.23. The number of rotatable bonds is 5. The summed E-state index contributed by atoms with van der Waals surface area (Å²) in [6.45, 7) is 7.55. The van der Waals surface area contributed by atoms with Crippen LogP contribution in [0.15, 0.2) is 40.8 Å². The number of hydrogen-bond donors (Lipinski definition) is 3. The van der Waals surface area contributed by atoms with Crippen molar-refractivity contribution in [2.45, 2.75) is 31.3 Å². The van der Waals surface area contributed by atoms with E-state index < -0.39 is 17.4 Å². The standard InChI is InChI=1S/C19H20N4O3S/c1-4-7-27-19-22-16-15(18(26)23-19)13(9-14(24)21-16)17(25)20-12-6-5-10(2)11(3)8-12/h4-6,8,13H,1,7,9H2,2-3H3,(H,20,25)(H2,21,22,23,24,26)/t13-/m0/s1. The van der Waals surface area contributed by atoms with Crippen molar-refractivity contribution < 1.29 is 9.59 Å². The van der Waals surface area contributed by atoms with Gasteiger partial charge >= 0.3 is 0 Å². The molecule has 0 spiro atoms. The van der Waals surface area contributed by atoms with Crippen LogP contribution in [0, 0.1) is 13.8 Å². The van der Waals surface area contributed by atoms with Crippen LogP contribution in [0.2, 0.25) is 0 Å². The Hall–Kier alpha value is -2.87. The van der Waals surface area contributed by atoms with Crippen molar-refractivity contribution in [2.24, 2.45) is 0 Å². The lowest BCUT2D eigenvalue weighted by molar-refractivity contribution is -0.123. The van der Waals surface area contributed by atoms with Crippen molar-refractivity contribution in [3.8, 4) is 0 Å². The van der Waals surface area contributed by atoms with Gasteiger partial charge in [0.25, 0.3) is 5.56 Å². The summed E-state index contributed by atoms with van der Waals surface area (Å²) in [5, 5.41) is 5.76. The van der Waals surface area contributed by atoms with Gasteiger partial charge in [-0.1, -0.05) is 23.9 Å². The molecule has 0 bridgehead atoms. The van der Waals surface area contributed by atoms with Crippen LogP contribution in [0.3, 0.4) is 0 Å². The normalized spacial score (nSPS) is 15.6. The number of aromatic nitrogens is 2. The molecule has 3 rings (SSSR count). The van der Waals surface area contributed by atoms with Gasteiger partial charge in [-0.05, 0) is 37.1 Å². The molecule has 0 radical (unpaired) electrons. The maximum atomic E-state index is 12.8. The van der Waals surface area contributed by atoms with Gasteiger partial charge in [0.1, 0.15) is 5.82 Å². The summed E-state index contributed by atoms with van der Waals surface area (Å²) in [5.41, 5.74) is 2.53. The second-order valence-corrected chi connectivity index (χ2v) is 7.33. The van der Waals surface area contributed by atoms with Gasteiger partial charge < -0.3 is 15.6 Å². The minimum Gasteiger partial charge on any atom is -0.326 e. The Balaban J connectivity index is 1.91. The number of carbonyl (C=O) groups excluding carboxylic acids is 2. The summed E-state index contributed by atoms with van der Waals surface area (Å²) in [7, 11) is 0. The van der Waals surface area contributed by atoms with Gasteiger partial charge in [-0.3, -0.25) is 14.4 Å². The number of aromatic amines is 1. The lowest BCUT2D eigenvalue weighted by Crippen LogP contribution is -2.36. The molecule has 7 nitrogen and oxygen atoms in total. The highest BCUT2D eigenvalue weighted by Crippen LogP contribution is 2.30. The lowest BCUT2D eigenvalue weighted by atomic mass is 9.92. The molecule has 0 fully saturated rings. The minimum atomic E-state index is -0.898. The van der Waals surface area contributed by atoms with Crippen molar-refractivity contribution in [2.75, 3.05) is 16.4 Å². The Bertz CT molecular complexity index is 983. The van der Waals surface area contributed by atoms with Gasteiger partial charge in [-0.15, -0.1) is 6.58 Å². The number of anilines is 2. The summed E-state index contributed by atoms with van der Waals surface area (Å²) in [4.78, 5) is 44.4. The molecule has 140 valence electrons. The number of hydrogen-bond acceptors (Lipinski definition) is 5. The van der Waals surface area contributed by atoms with E-state index in [0.29, 0.717) is 16.6 Å². The molecule has 0 unspecified atom stereocenters. The van der Waals surface area contributed by atoms with Crippen molar-refractivity contribution in [1.82, 2.24) is 9.97 Å². The molecule has 2 amide bonds. The highest BCUT2D eigenvalue weighted by molar-refractivity contribution is 7.99. The van der Waals surface area contributed by atoms with E-state index in [9.17, 15) is 14.4 Å². The highest BCUT2D eigenvalue weighted by Gasteiger charge is 2.34. The topological polar surface area (TPSA) is 104 Å². The Morgan fingerprint density at radius 1 is 1.37 bits per heavy atom. The first kappa shape index (κ1) is 18.9. The van der Waals surface area contributed by atoms with Crippen LogP contribution in [-0.4, -0.2) is 27.5 Å². The molecular formula is C19H20N4O3S. The number of thioether (sulfide) groups is 1. The van der Waals surface area contributed by atoms with Crippen LogP contribution < -0.4 is 16.2 Å². The van der Waals surface area contributed by atoms with Crippen LogP contribution in [0.4, 0.5) is 11.5 Å². The van der Waals surface area contributed by atoms with Crippen molar-refractivity contribution in [3.05, 3.63) is 57.9 Å². The number of carbonyl (C=O) groups is 2. The van der Waals surface area contributed by atoms with Crippen molar-refractivity contribution in [3.63, 3.8) is 0 Å². The van der Waals surface area contributed by atoms with Gasteiger partial charge in [0, 0.05) is 17.9 Å². The summed E-state index contributed by atoms with van der Waals surface area (Å²) in [5.74, 6) is -0.952. The van der Waals surface area contributed by atoms with E-state index in [0.717, 1.165) is 11.1 Å². The molecular weight excluding hydrogens is 364 g/mol. The molecule has 1 aromatic heterocycles. The first-order chi connectivity index (χ1) is 12.9. The first-order valence-electron chi connectivity index (χ1n) is 8.45. The van der Waals surface area contributed by atoms with E-state index >= 15 is 0 Å². The Morgan fingerprint density at radius 2 is 2.15 bits per heavy atom. The van der Waals surface area contributed by atoms with Crippen LogP contribution in [-0.2, 0) is 9.59 Å². The maximum absolute atomic E-state index is 12.8. The van der Waals surface area contributed by atoms with Crippen molar-refractivity contribution in [1.29, 1.82) is 0 Å². The van der Waals surface area contributed by atoms with Gasteiger partial charge in [0.2, 0.25) is 11.8 Å². The molecule has 1 aliphatic heterocycles. The predicted molar refractivity (Wildman–Crippen MR) is 106 cm³/mol. The Labute approximate surface area is 160 Å². The van der Waals surface area contributed by atoms with E-state index in [1.807, 2.05) is 26.0 Å². The summed E-state index contributed by atoms with van der Waals surface area (Å²) in [6, 6.07) is 5.56. The third kappa shape index (κ3) is 4.11. The molecule has 0 saturated heterocycles. The number of nitrogens with zero attached hydrogens (tertiary/aromatic N) is 1. The van der Waals surface area contributed by atoms with E-state index in [1.165, 1.54) is 11.8 Å². The zero-order chi connectivity index (χ0) is 19.6. The predicted octanol–water partition coefficient (Wildman–Crippen LogP) is 2.73. The average Bonchev–Trinajstić information content (AvgIpc) is 2.62. The van der Waals surface area contributed by atoms with E-state index in [1.54, 1.807) is 12.1 Å². The number of benzene rings is 1. The van der Waals surface area contributed by atoms with E-state index in [2.05, 4.69) is 27.2 Å². The second kappa shape index (κ2) is 7.79. The quantitative estimate of drug-likeness (QED) is 0.418. The molecule has 1 aromatic carbocycles. The number of aryl methyl sites for hydroxylation is 2. The summed E-state index contributed by atoms with van der Waals surface area (Å²) >= 11 is 1.29. The number of nitrogens with one attached hydrogen (secondary N) is 3. The SMILES string of the molecule is C=CCSc1nc2c(c(=O)[nH]1)[C@@H](C(=O)Nc1ccc(C)c(C)c1)CC(=O)N2. The zero-order valence-corrected chi connectivity index (χ0v) is 15.9. The number of fused-ring (bicyclic) bond motifs is 1. The maximum Gasteiger partial charge on any atom is 0.257 e. The molecule has 2 aromatic rings. The summed E-state index contributed by atoms with van der Waals surface area (Å²) < 4.78 is 0. The third-order valence-electron chi connectivity index (χ3n) is 4.36. The van der Waals surface area contributed by atoms with E-state index in [4.69, 9.17) is 0 Å². The van der Waals surface area contributed by atoms with Gasteiger partial charge in [-0.25, -0.2) is 4.98 Å². The minimum absolute atomic E-state index is 0.104. The molecule has 1 atom stereocenters. The van der Waals surface area contributed by atoms with Gasteiger partial charge in [-0.2, -0.15) is 0 Å². The van der Waals surface area contributed by atoms with Gasteiger partial charge in [0.15, 0.2) is 5.16 Å². The number of amides is 2. The average molecular weight is 384 g/mol. The molecule has 0 aliphatic carbocycles. The smallest absolute Gasteiger partial charge is 0.257 e. The monoisotopic (exact) mass is 384 g/mol. The largest absolute Gasteiger partial charge is 0.326 e. The van der Waals surface area contributed by atoms with Crippen LogP contribution >= 0.6 is 11.8 Å². The fraction of sp³-hybridized carbons (Fsp3) is 0.263. The Morgan fingerprint density at radius 3 is 2.85 bits per heavy atom. The molecule has 0 saturated carbocycles. The third-order valence-corrected chi connectivity index (χ3v) is 5.23. The molecule has 1 aliphatic rings. The van der Waals surface area contributed by atoms with Crippen LogP contribution in [0.5, 0.6) is 0 Å². The second-order valence-electron chi connectivity index (χ2n) is 6.33. The van der Waals surface area contributed by atoms with Gasteiger partial charge in [0.05, 0.1) is 11.5 Å². The van der Waals surface area contributed by atoms with Crippen molar-refractivity contribution >= 4 is 35.1 Å². The number of H-pyrrole nitrogens is 1. The fourth-order valence-electron chi connectivity index (χ4n) is 2.83. The first-order valence-corrected chi connectivity index (χ1v) is 9.43. The molecule has 3 N–H and O–H groups in total. The zero-order valence-electron chi connectivity index (χ0n) is 15.1. The van der Waals surface area contributed by atoms with Crippen LogP contribution in [0.1, 0.15) is 29.0 Å². The summed E-state index contributed by atoms with van der Waals surface area (Å²) in [6.07, 6.45) is 1.58. The van der Waals surface area contributed by atoms with E-state index in [-0.39, 0.29) is 23.7 Å². The molecule has 8 heteroatoms.